The number of ether oxygens (including phenoxy) is 1. The molecule has 2 aliphatic rings. The van der Waals surface area contributed by atoms with Crippen LogP contribution in [-0.4, -0.2) is 12.7 Å². The minimum atomic E-state index is 0.613. The van der Waals surface area contributed by atoms with Crippen LogP contribution in [0.3, 0.4) is 0 Å². The van der Waals surface area contributed by atoms with Gasteiger partial charge in [-0.15, -0.1) is 0 Å². The Morgan fingerprint density at radius 1 is 1.00 bits per heavy atom. The van der Waals surface area contributed by atoms with Gasteiger partial charge in [-0.3, -0.25) is 0 Å². The van der Waals surface area contributed by atoms with E-state index in [1.807, 2.05) is 0 Å². The molecule has 12 heavy (non-hydrogen) atoms. The quantitative estimate of drug-likeness (QED) is 0.629. The van der Waals surface area contributed by atoms with Crippen LogP contribution in [0.4, 0.5) is 0 Å². The van der Waals surface area contributed by atoms with Crippen LogP contribution in [0.1, 0.15) is 45.4 Å². The fourth-order valence-electron chi connectivity index (χ4n) is 1.95. The Balaban J connectivity index is 1.60. The first kappa shape index (κ1) is 8.55. The topological polar surface area (TPSA) is 9.23 Å². The summed E-state index contributed by atoms with van der Waals surface area (Å²) in [4.78, 5) is 0. The minimum Gasteiger partial charge on any atom is -0.378 e. The van der Waals surface area contributed by atoms with E-state index in [2.05, 4.69) is 6.92 Å². The third kappa shape index (κ3) is 2.48. The van der Waals surface area contributed by atoms with E-state index in [4.69, 9.17) is 4.74 Å². The van der Waals surface area contributed by atoms with Gasteiger partial charge >= 0.3 is 0 Å². The molecular weight excluding hydrogens is 148 g/mol. The van der Waals surface area contributed by atoms with E-state index in [0.29, 0.717) is 6.10 Å². The lowest BCUT2D eigenvalue weighted by molar-refractivity contribution is 0.0140. The normalized spacial score (nSPS) is 36.8. The summed E-state index contributed by atoms with van der Waals surface area (Å²) in [6.45, 7) is 3.41. The predicted octanol–water partition coefficient (Wildman–Crippen LogP) is 2.99. The zero-order valence-corrected chi connectivity index (χ0v) is 8.09. The van der Waals surface area contributed by atoms with Crippen molar-refractivity contribution in [2.75, 3.05) is 6.61 Å². The van der Waals surface area contributed by atoms with Gasteiger partial charge in [-0.2, -0.15) is 0 Å². The maximum absolute atomic E-state index is 5.86. The van der Waals surface area contributed by atoms with E-state index >= 15 is 0 Å². The van der Waals surface area contributed by atoms with Crippen LogP contribution < -0.4 is 0 Å². The molecule has 0 N–H and O–H groups in total. The van der Waals surface area contributed by atoms with Gasteiger partial charge < -0.3 is 4.74 Å². The molecule has 0 saturated heterocycles. The monoisotopic (exact) mass is 168 g/mol. The first-order chi connectivity index (χ1) is 5.84. The minimum absolute atomic E-state index is 0.613. The molecule has 0 atom stereocenters. The van der Waals surface area contributed by atoms with Crippen LogP contribution in [0, 0.1) is 11.8 Å². The Kier molecular flexibility index (Phi) is 2.69. The highest BCUT2D eigenvalue weighted by atomic mass is 16.5. The third-order valence-electron chi connectivity index (χ3n) is 3.23. The smallest absolute Gasteiger partial charge is 0.0575 e. The molecule has 0 amide bonds. The first-order valence-electron chi connectivity index (χ1n) is 5.46. The second-order valence-corrected chi connectivity index (χ2v) is 4.66. The number of rotatable bonds is 3. The van der Waals surface area contributed by atoms with Crippen molar-refractivity contribution in [3.05, 3.63) is 0 Å². The van der Waals surface area contributed by atoms with E-state index < -0.39 is 0 Å². The second kappa shape index (κ2) is 3.78. The largest absolute Gasteiger partial charge is 0.378 e. The van der Waals surface area contributed by atoms with E-state index in [9.17, 15) is 0 Å². The molecule has 0 spiro atoms. The third-order valence-corrected chi connectivity index (χ3v) is 3.23. The molecule has 0 bridgehead atoms. The van der Waals surface area contributed by atoms with Crippen molar-refractivity contribution in [1.29, 1.82) is 0 Å². The highest BCUT2D eigenvalue weighted by Gasteiger charge is 2.24. The summed E-state index contributed by atoms with van der Waals surface area (Å²) >= 11 is 0. The van der Waals surface area contributed by atoms with Gasteiger partial charge in [-0.05, 0) is 50.4 Å². The molecule has 0 heterocycles. The Bertz CT molecular complexity index is 132. The van der Waals surface area contributed by atoms with E-state index in [1.54, 1.807) is 0 Å². The van der Waals surface area contributed by atoms with Crippen LogP contribution in [0.2, 0.25) is 0 Å². The van der Waals surface area contributed by atoms with Crippen molar-refractivity contribution in [3.63, 3.8) is 0 Å². The van der Waals surface area contributed by atoms with Crippen molar-refractivity contribution in [3.8, 4) is 0 Å². The average molecular weight is 168 g/mol. The summed E-state index contributed by atoms with van der Waals surface area (Å²) < 4.78 is 5.86. The summed E-state index contributed by atoms with van der Waals surface area (Å²) in [5.74, 6) is 1.88. The molecule has 0 aliphatic heterocycles. The Morgan fingerprint density at radius 3 is 2.25 bits per heavy atom. The van der Waals surface area contributed by atoms with Crippen LogP contribution in [0.25, 0.3) is 0 Å². The highest BCUT2D eigenvalue weighted by Crippen LogP contribution is 2.31. The average Bonchev–Trinajstić information content (AvgIpc) is 2.87. The molecule has 0 radical (unpaired) electrons. The summed E-state index contributed by atoms with van der Waals surface area (Å²) in [6, 6.07) is 0. The molecular formula is C11H20O. The van der Waals surface area contributed by atoms with Gasteiger partial charge in [0.2, 0.25) is 0 Å². The predicted molar refractivity (Wildman–Crippen MR) is 50.1 cm³/mol. The van der Waals surface area contributed by atoms with E-state index in [-0.39, 0.29) is 0 Å². The van der Waals surface area contributed by atoms with Gasteiger partial charge in [-0.1, -0.05) is 6.92 Å². The first-order valence-corrected chi connectivity index (χ1v) is 5.46. The summed E-state index contributed by atoms with van der Waals surface area (Å²) in [5, 5.41) is 0. The fraction of sp³-hybridized carbons (Fsp3) is 1.00. The molecule has 2 saturated carbocycles. The van der Waals surface area contributed by atoms with Gasteiger partial charge in [0.15, 0.2) is 0 Å². The highest BCUT2D eigenvalue weighted by molar-refractivity contribution is 4.75. The molecule has 70 valence electrons. The lowest BCUT2D eigenvalue weighted by atomic mass is 9.89. The van der Waals surface area contributed by atoms with Crippen LogP contribution in [0.5, 0.6) is 0 Å². The molecule has 1 heteroatoms. The molecule has 0 unspecified atom stereocenters. The van der Waals surface area contributed by atoms with Gasteiger partial charge in [-0.25, -0.2) is 0 Å². The maximum atomic E-state index is 5.86. The molecule has 0 aromatic carbocycles. The zero-order chi connectivity index (χ0) is 8.39. The van der Waals surface area contributed by atoms with Crippen molar-refractivity contribution in [2.45, 2.75) is 51.6 Å². The molecule has 0 aromatic heterocycles. The zero-order valence-electron chi connectivity index (χ0n) is 8.09. The Morgan fingerprint density at radius 2 is 1.67 bits per heavy atom. The van der Waals surface area contributed by atoms with Crippen LogP contribution in [0.15, 0.2) is 0 Å². The van der Waals surface area contributed by atoms with Crippen LogP contribution >= 0.6 is 0 Å². The summed E-state index contributed by atoms with van der Waals surface area (Å²) in [6.07, 6.45) is 8.85. The standard InChI is InChI=1S/C11H20O/c1-9-2-6-11(7-3-9)12-8-10-4-5-10/h9-11H,2-8H2,1H3/t9-,11-. The van der Waals surface area contributed by atoms with Crippen molar-refractivity contribution in [1.82, 2.24) is 0 Å². The van der Waals surface area contributed by atoms with Crippen molar-refractivity contribution in [2.24, 2.45) is 11.8 Å². The maximum Gasteiger partial charge on any atom is 0.0575 e. The lowest BCUT2D eigenvalue weighted by Gasteiger charge is -2.26. The molecule has 2 aliphatic carbocycles. The van der Waals surface area contributed by atoms with Crippen LogP contribution in [-0.2, 0) is 4.74 Å². The lowest BCUT2D eigenvalue weighted by Crippen LogP contribution is -2.21. The Hall–Kier alpha value is -0.0400. The van der Waals surface area contributed by atoms with Gasteiger partial charge in [0.1, 0.15) is 0 Å². The van der Waals surface area contributed by atoms with E-state index in [1.165, 1.54) is 38.5 Å². The molecule has 2 fully saturated rings. The number of hydrogen-bond acceptors (Lipinski definition) is 1. The van der Waals surface area contributed by atoms with E-state index in [0.717, 1.165) is 18.4 Å². The van der Waals surface area contributed by atoms with Crippen molar-refractivity contribution >= 4 is 0 Å². The van der Waals surface area contributed by atoms with Gasteiger partial charge in [0, 0.05) is 6.61 Å². The molecule has 1 nitrogen and oxygen atoms in total. The summed E-state index contributed by atoms with van der Waals surface area (Å²) in [7, 11) is 0. The molecule has 2 rings (SSSR count). The van der Waals surface area contributed by atoms with Gasteiger partial charge in [0.05, 0.1) is 6.10 Å². The van der Waals surface area contributed by atoms with Gasteiger partial charge in [0.25, 0.3) is 0 Å². The Labute approximate surface area is 75.5 Å². The molecule has 0 aromatic rings. The number of hydrogen-bond donors (Lipinski definition) is 0. The SMILES string of the molecule is C[C@H]1CC[C@H](OCC2CC2)CC1. The fourth-order valence-corrected chi connectivity index (χ4v) is 1.95. The summed E-state index contributed by atoms with van der Waals surface area (Å²) in [5.41, 5.74) is 0. The second-order valence-electron chi connectivity index (χ2n) is 4.66. The van der Waals surface area contributed by atoms with Crippen molar-refractivity contribution < 1.29 is 4.74 Å².